The van der Waals surface area contributed by atoms with Gasteiger partial charge < -0.3 is 4.74 Å². The molecule has 0 atom stereocenters. The van der Waals surface area contributed by atoms with Gasteiger partial charge in [-0.2, -0.15) is 0 Å². The van der Waals surface area contributed by atoms with Crippen LogP contribution >= 0.6 is 22.9 Å². The second-order valence-electron chi connectivity index (χ2n) is 4.12. The molecule has 0 radical (unpaired) electrons. The van der Waals surface area contributed by atoms with E-state index < -0.39 is 5.60 Å². The Morgan fingerprint density at radius 3 is 2.73 bits per heavy atom. The normalized spacial score (nSPS) is 11.5. The highest BCUT2D eigenvalue weighted by molar-refractivity contribution is 7.11. The van der Waals surface area contributed by atoms with Crippen LogP contribution in [0.4, 0.5) is 0 Å². The number of rotatable bonds is 3. The van der Waals surface area contributed by atoms with E-state index in [4.69, 9.17) is 16.3 Å². The van der Waals surface area contributed by atoms with Crippen molar-refractivity contribution in [2.45, 2.75) is 38.7 Å². The minimum absolute atomic E-state index is 0.221. The first-order valence-corrected chi connectivity index (χ1v) is 5.97. The molecule has 0 aromatic carbocycles. The smallest absolute Gasteiger partial charge is 0.313 e. The Morgan fingerprint density at radius 2 is 2.27 bits per heavy atom. The number of esters is 1. The highest BCUT2D eigenvalue weighted by Gasteiger charge is 2.17. The largest absolute Gasteiger partial charge is 0.460 e. The lowest BCUT2D eigenvalue weighted by atomic mass is 10.2. The fraction of sp³-hybridized carbons (Fsp3) is 0.600. The van der Waals surface area contributed by atoms with Crippen molar-refractivity contribution in [3.63, 3.8) is 0 Å². The monoisotopic (exact) mass is 247 g/mol. The summed E-state index contributed by atoms with van der Waals surface area (Å²) < 4.78 is 5.18. The average molecular weight is 248 g/mol. The first kappa shape index (κ1) is 12.5. The fourth-order valence-electron chi connectivity index (χ4n) is 0.993. The summed E-state index contributed by atoms with van der Waals surface area (Å²) in [6, 6.07) is 0. The molecule has 0 aliphatic heterocycles. The van der Waals surface area contributed by atoms with Crippen LogP contribution in [-0.4, -0.2) is 16.6 Å². The van der Waals surface area contributed by atoms with Crippen molar-refractivity contribution in [1.29, 1.82) is 0 Å². The van der Waals surface area contributed by atoms with Gasteiger partial charge >= 0.3 is 5.97 Å². The molecule has 0 aliphatic carbocycles. The van der Waals surface area contributed by atoms with Crippen molar-refractivity contribution in [2.24, 2.45) is 0 Å². The summed E-state index contributed by atoms with van der Waals surface area (Å²) >= 11 is 7.08. The van der Waals surface area contributed by atoms with E-state index in [1.165, 1.54) is 11.3 Å². The molecule has 1 rings (SSSR count). The zero-order valence-corrected chi connectivity index (χ0v) is 10.6. The second kappa shape index (κ2) is 4.94. The summed E-state index contributed by atoms with van der Waals surface area (Å²) in [6.07, 6.45) is 1.91. The molecule has 5 heteroatoms. The molecule has 0 unspecified atom stereocenters. The zero-order chi connectivity index (χ0) is 11.5. The molecular formula is C10H14ClNO2S. The molecule has 1 aromatic rings. The highest BCUT2D eigenvalue weighted by Crippen LogP contribution is 2.17. The van der Waals surface area contributed by atoms with Gasteiger partial charge in [0.25, 0.3) is 0 Å². The topological polar surface area (TPSA) is 39.2 Å². The van der Waals surface area contributed by atoms with Crippen molar-refractivity contribution in [3.05, 3.63) is 16.1 Å². The predicted molar refractivity (Wildman–Crippen MR) is 61.2 cm³/mol. The predicted octanol–water partition coefficient (Wildman–Crippen LogP) is 2.77. The number of halogens is 1. The SMILES string of the molecule is CC(C)(C)OC(=O)Cc1ncc(CCl)s1. The lowest BCUT2D eigenvalue weighted by molar-refractivity contribution is -0.153. The third kappa shape index (κ3) is 4.62. The molecule has 0 saturated carbocycles. The van der Waals surface area contributed by atoms with Gasteiger partial charge in [-0.15, -0.1) is 22.9 Å². The van der Waals surface area contributed by atoms with Crippen molar-refractivity contribution in [3.8, 4) is 0 Å². The van der Waals surface area contributed by atoms with Crippen LogP contribution in [0.5, 0.6) is 0 Å². The number of carbonyl (C=O) groups excluding carboxylic acids is 1. The molecule has 0 fully saturated rings. The Hall–Kier alpha value is -0.610. The van der Waals surface area contributed by atoms with E-state index in [1.54, 1.807) is 6.20 Å². The van der Waals surface area contributed by atoms with Gasteiger partial charge in [-0.3, -0.25) is 4.79 Å². The maximum Gasteiger partial charge on any atom is 0.313 e. The molecule has 84 valence electrons. The van der Waals surface area contributed by atoms with Gasteiger partial charge in [0.15, 0.2) is 0 Å². The summed E-state index contributed by atoms with van der Waals surface area (Å²) in [5, 5.41) is 0.750. The third-order valence-corrected chi connectivity index (χ3v) is 2.89. The fourth-order valence-corrected chi connectivity index (χ4v) is 1.98. The number of thiazole rings is 1. The quantitative estimate of drug-likeness (QED) is 0.609. The van der Waals surface area contributed by atoms with Crippen molar-refractivity contribution >= 4 is 28.9 Å². The van der Waals surface area contributed by atoms with Gasteiger partial charge in [0, 0.05) is 11.1 Å². The number of nitrogens with zero attached hydrogens (tertiary/aromatic N) is 1. The van der Waals surface area contributed by atoms with Gasteiger partial charge in [-0.1, -0.05) is 0 Å². The molecule has 0 aliphatic rings. The number of carbonyl (C=O) groups is 1. The maximum absolute atomic E-state index is 11.4. The molecule has 0 N–H and O–H groups in total. The van der Waals surface area contributed by atoms with Crippen LogP contribution in [0.25, 0.3) is 0 Å². The maximum atomic E-state index is 11.4. The van der Waals surface area contributed by atoms with Gasteiger partial charge in [0.1, 0.15) is 10.6 Å². The summed E-state index contributed by atoms with van der Waals surface area (Å²) in [5.74, 6) is 0.185. The zero-order valence-electron chi connectivity index (χ0n) is 9.04. The number of ether oxygens (including phenoxy) is 1. The van der Waals surface area contributed by atoms with E-state index in [1.807, 2.05) is 20.8 Å². The van der Waals surface area contributed by atoms with E-state index >= 15 is 0 Å². The Balaban J connectivity index is 2.51. The van der Waals surface area contributed by atoms with E-state index in [9.17, 15) is 4.79 Å². The van der Waals surface area contributed by atoms with Gasteiger partial charge in [-0.05, 0) is 20.8 Å². The third-order valence-electron chi connectivity index (χ3n) is 1.45. The van der Waals surface area contributed by atoms with Gasteiger partial charge in [0.05, 0.1) is 12.3 Å². The van der Waals surface area contributed by atoms with Gasteiger partial charge in [-0.25, -0.2) is 4.98 Å². The highest BCUT2D eigenvalue weighted by atomic mass is 35.5. The lowest BCUT2D eigenvalue weighted by Gasteiger charge is -2.18. The van der Waals surface area contributed by atoms with Gasteiger partial charge in [0.2, 0.25) is 0 Å². The second-order valence-corrected chi connectivity index (χ2v) is 5.58. The van der Waals surface area contributed by atoms with Crippen LogP contribution in [0.2, 0.25) is 0 Å². The summed E-state index contributed by atoms with van der Waals surface area (Å²) in [4.78, 5) is 16.5. The van der Waals surface area contributed by atoms with Crippen LogP contribution in [0.15, 0.2) is 6.20 Å². The van der Waals surface area contributed by atoms with Crippen molar-refractivity contribution < 1.29 is 9.53 Å². The summed E-state index contributed by atoms with van der Waals surface area (Å²) in [5.41, 5.74) is -0.441. The van der Waals surface area contributed by atoms with E-state index in [2.05, 4.69) is 4.98 Å². The van der Waals surface area contributed by atoms with E-state index in [-0.39, 0.29) is 12.4 Å². The van der Waals surface area contributed by atoms with Crippen LogP contribution in [0, 0.1) is 0 Å². The molecule has 0 spiro atoms. The molecule has 1 aromatic heterocycles. The molecule has 0 saturated heterocycles. The number of hydrogen-bond donors (Lipinski definition) is 0. The Bertz CT molecular complexity index is 343. The molecule has 15 heavy (non-hydrogen) atoms. The number of aromatic nitrogens is 1. The van der Waals surface area contributed by atoms with Crippen LogP contribution in [0.3, 0.4) is 0 Å². The lowest BCUT2D eigenvalue weighted by Crippen LogP contribution is -2.24. The van der Waals surface area contributed by atoms with E-state index in [0.29, 0.717) is 5.88 Å². The Kier molecular flexibility index (Phi) is 4.11. The Labute approximate surface area is 98.4 Å². The molecule has 3 nitrogen and oxygen atoms in total. The van der Waals surface area contributed by atoms with Crippen molar-refractivity contribution in [2.75, 3.05) is 0 Å². The summed E-state index contributed by atoms with van der Waals surface area (Å²) in [6.45, 7) is 5.53. The van der Waals surface area contributed by atoms with Crippen molar-refractivity contribution in [1.82, 2.24) is 4.98 Å². The first-order chi connectivity index (χ1) is 6.90. The molecule has 1 heterocycles. The Morgan fingerprint density at radius 1 is 1.60 bits per heavy atom. The van der Waals surface area contributed by atoms with Crippen LogP contribution in [0.1, 0.15) is 30.7 Å². The summed E-state index contributed by atoms with van der Waals surface area (Å²) in [7, 11) is 0. The standard InChI is InChI=1S/C10H14ClNO2S/c1-10(2,3)14-9(13)4-8-12-6-7(5-11)15-8/h6H,4-5H2,1-3H3. The minimum atomic E-state index is -0.441. The van der Waals surface area contributed by atoms with Crippen LogP contribution in [-0.2, 0) is 21.8 Å². The molecular weight excluding hydrogens is 234 g/mol. The molecule has 0 bridgehead atoms. The number of hydrogen-bond acceptors (Lipinski definition) is 4. The minimum Gasteiger partial charge on any atom is -0.460 e. The van der Waals surface area contributed by atoms with Crippen LogP contribution < -0.4 is 0 Å². The first-order valence-electron chi connectivity index (χ1n) is 4.62. The molecule has 0 amide bonds. The van der Waals surface area contributed by atoms with E-state index in [0.717, 1.165) is 9.88 Å². The average Bonchev–Trinajstić information content (AvgIpc) is 2.48. The number of alkyl halides is 1.